The molecule has 1 heterocycles. The van der Waals surface area contributed by atoms with Crippen LogP contribution in [-0.4, -0.2) is 9.55 Å². The molecule has 2 aromatic carbocycles. The zero-order valence-corrected chi connectivity index (χ0v) is 13.3. The molecule has 0 aliphatic carbocycles. The third-order valence-electron chi connectivity index (χ3n) is 3.16. The Morgan fingerprint density at radius 2 is 1.95 bits per heavy atom. The summed E-state index contributed by atoms with van der Waals surface area (Å²) in [6.45, 7) is 2.11. The number of rotatable bonds is 2. The highest BCUT2D eigenvalue weighted by Gasteiger charge is 2.14. The van der Waals surface area contributed by atoms with E-state index in [0.29, 0.717) is 5.88 Å². The van der Waals surface area contributed by atoms with Gasteiger partial charge >= 0.3 is 0 Å². The van der Waals surface area contributed by atoms with E-state index in [9.17, 15) is 0 Å². The lowest BCUT2D eigenvalue weighted by atomic mass is 10.2. The molecule has 0 N–H and O–H groups in total. The summed E-state index contributed by atoms with van der Waals surface area (Å²) in [6.07, 6.45) is 0. The third-order valence-corrected chi connectivity index (χ3v) is 4.31. The Bertz CT molecular complexity index is 749. The molecule has 4 heteroatoms. The van der Waals surface area contributed by atoms with Crippen LogP contribution in [0, 0.1) is 10.5 Å². The number of benzene rings is 2. The summed E-state index contributed by atoms with van der Waals surface area (Å²) < 4.78 is 3.36. The van der Waals surface area contributed by atoms with Crippen molar-refractivity contribution in [2.24, 2.45) is 0 Å². The summed E-state index contributed by atoms with van der Waals surface area (Å²) in [6, 6.07) is 14.4. The molecular formula is C15H12ClIN2. The van der Waals surface area contributed by atoms with Crippen molar-refractivity contribution in [3.8, 4) is 5.69 Å². The van der Waals surface area contributed by atoms with Gasteiger partial charge in [0.15, 0.2) is 0 Å². The van der Waals surface area contributed by atoms with E-state index >= 15 is 0 Å². The lowest BCUT2D eigenvalue weighted by Gasteiger charge is -2.11. The average molecular weight is 383 g/mol. The lowest BCUT2D eigenvalue weighted by molar-refractivity contribution is 0.974. The van der Waals surface area contributed by atoms with Gasteiger partial charge in [-0.25, -0.2) is 4.98 Å². The van der Waals surface area contributed by atoms with Crippen molar-refractivity contribution >= 4 is 45.2 Å². The van der Waals surface area contributed by atoms with Crippen LogP contribution < -0.4 is 0 Å². The van der Waals surface area contributed by atoms with Gasteiger partial charge in [-0.1, -0.05) is 24.3 Å². The van der Waals surface area contributed by atoms with Crippen molar-refractivity contribution < 1.29 is 0 Å². The maximum absolute atomic E-state index is 6.07. The molecule has 3 rings (SSSR count). The number of fused-ring (bicyclic) bond motifs is 1. The Kier molecular flexibility index (Phi) is 3.50. The fourth-order valence-corrected chi connectivity index (χ4v) is 3.13. The van der Waals surface area contributed by atoms with Crippen LogP contribution in [0.1, 0.15) is 11.4 Å². The van der Waals surface area contributed by atoms with Gasteiger partial charge in [-0.05, 0) is 53.3 Å². The van der Waals surface area contributed by atoms with Crippen LogP contribution in [0.2, 0.25) is 0 Å². The summed E-state index contributed by atoms with van der Waals surface area (Å²) in [5, 5.41) is 0. The molecule has 19 heavy (non-hydrogen) atoms. The Morgan fingerprint density at radius 3 is 2.68 bits per heavy atom. The van der Waals surface area contributed by atoms with Crippen molar-refractivity contribution in [1.29, 1.82) is 0 Å². The lowest BCUT2D eigenvalue weighted by Crippen LogP contribution is -2.02. The largest absolute Gasteiger partial charge is 0.294 e. The second-order valence-corrected chi connectivity index (χ2v) is 5.82. The molecule has 3 aromatic rings. The molecule has 2 nitrogen and oxygen atoms in total. The van der Waals surface area contributed by atoms with Gasteiger partial charge in [0.1, 0.15) is 5.82 Å². The first kappa shape index (κ1) is 12.9. The van der Waals surface area contributed by atoms with Crippen LogP contribution in [0.4, 0.5) is 0 Å². The topological polar surface area (TPSA) is 17.8 Å². The van der Waals surface area contributed by atoms with Gasteiger partial charge in [0.2, 0.25) is 0 Å². The van der Waals surface area contributed by atoms with Crippen LogP contribution in [0.15, 0.2) is 42.5 Å². The number of nitrogens with zero attached hydrogens (tertiary/aromatic N) is 2. The first-order chi connectivity index (χ1) is 9.22. The third kappa shape index (κ3) is 2.15. The van der Waals surface area contributed by atoms with Crippen LogP contribution in [-0.2, 0) is 5.88 Å². The van der Waals surface area contributed by atoms with Gasteiger partial charge in [0, 0.05) is 3.57 Å². The molecule has 0 saturated carbocycles. The number of alkyl halides is 1. The van der Waals surface area contributed by atoms with E-state index < -0.39 is 0 Å². The molecule has 1 aromatic heterocycles. The quantitative estimate of drug-likeness (QED) is 0.465. The number of hydrogen-bond donors (Lipinski definition) is 0. The smallest absolute Gasteiger partial charge is 0.129 e. The summed E-state index contributed by atoms with van der Waals surface area (Å²) >= 11 is 8.42. The van der Waals surface area contributed by atoms with Gasteiger partial charge in [0.05, 0.1) is 22.6 Å². The van der Waals surface area contributed by atoms with E-state index in [-0.39, 0.29) is 0 Å². The van der Waals surface area contributed by atoms with E-state index in [1.54, 1.807) is 0 Å². The SMILES string of the molecule is Cc1cccc2nc(CCl)n(-c3ccccc3I)c12. The van der Waals surface area contributed by atoms with Crippen LogP contribution in [0.5, 0.6) is 0 Å². The standard InChI is InChI=1S/C15H12ClIN2/c1-10-5-4-7-12-15(10)19(14(9-16)18-12)13-8-3-2-6-11(13)17/h2-8H,9H2,1H3. The first-order valence-electron chi connectivity index (χ1n) is 6.00. The summed E-state index contributed by atoms with van der Waals surface area (Å²) in [4.78, 5) is 4.64. The number of halogens is 2. The molecule has 0 spiro atoms. The van der Waals surface area contributed by atoms with Gasteiger partial charge in [-0.2, -0.15) is 0 Å². The Morgan fingerprint density at radius 1 is 1.16 bits per heavy atom. The second-order valence-electron chi connectivity index (χ2n) is 4.39. The normalized spacial score (nSPS) is 11.1. The fraction of sp³-hybridized carbons (Fsp3) is 0.133. The molecule has 0 radical (unpaired) electrons. The average Bonchev–Trinajstić information content (AvgIpc) is 2.79. The fourth-order valence-electron chi connectivity index (χ4n) is 2.32. The molecule has 0 atom stereocenters. The first-order valence-corrected chi connectivity index (χ1v) is 7.61. The van der Waals surface area contributed by atoms with Crippen molar-refractivity contribution in [1.82, 2.24) is 9.55 Å². The number of imidazole rings is 1. The second kappa shape index (κ2) is 5.13. The molecule has 0 aliphatic heterocycles. The summed E-state index contributed by atoms with van der Waals surface area (Å²) in [5.74, 6) is 1.29. The zero-order chi connectivity index (χ0) is 13.4. The maximum Gasteiger partial charge on any atom is 0.129 e. The molecule has 0 bridgehead atoms. The Balaban J connectivity index is 2.42. The number of aryl methyl sites for hydroxylation is 1. The van der Waals surface area contributed by atoms with E-state index in [4.69, 9.17) is 11.6 Å². The predicted molar refractivity (Wildman–Crippen MR) is 88.1 cm³/mol. The van der Waals surface area contributed by atoms with Gasteiger partial charge in [0.25, 0.3) is 0 Å². The highest BCUT2D eigenvalue weighted by atomic mass is 127. The Labute approximate surface area is 130 Å². The van der Waals surface area contributed by atoms with Gasteiger partial charge in [-0.15, -0.1) is 11.6 Å². The summed E-state index contributed by atoms with van der Waals surface area (Å²) in [7, 11) is 0. The van der Waals surface area contributed by atoms with Crippen molar-refractivity contribution in [2.75, 3.05) is 0 Å². The number of para-hydroxylation sites is 2. The summed E-state index contributed by atoms with van der Waals surface area (Å²) in [5.41, 5.74) is 4.48. The van der Waals surface area contributed by atoms with E-state index in [1.165, 1.54) is 9.13 Å². The Hall–Kier alpha value is -1.07. The van der Waals surface area contributed by atoms with Crippen LogP contribution in [0.3, 0.4) is 0 Å². The van der Waals surface area contributed by atoms with E-state index in [0.717, 1.165) is 22.5 Å². The van der Waals surface area contributed by atoms with Crippen molar-refractivity contribution in [3.63, 3.8) is 0 Å². The monoisotopic (exact) mass is 382 g/mol. The van der Waals surface area contributed by atoms with Crippen molar-refractivity contribution in [3.05, 3.63) is 57.4 Å². The molecule has 0 amide bonds. The van der Waals surface area contributed by atoms with Crippen LogP contribution in [0.25, 0.3) is 16.7 Å². The van der Waals surface area contributed by atoms with Crippen LogP contribution >= 0.6 is 34.2 Å². The van der Waals surface area contributed by atoms with E-state index in [2.05, 4.69) is 57.3 Å². The van der Waals surface area contributed by atoms with E-state index in [1.807, 2.05) is 24.3 Å². The molecular weight excluding hydrogens is 371 g/mol. The molecule has 0 fully saturated rings. The number of hydrogen-bond acceptors (Lipinski definition) is 1. The highest BCUT2D eigenvalue weighted by molar-refractivity contribution is 14.1. The predicted octanol–water partition coefficient (Wildman–Crippen LogP) is 4.68. The van der Waals surface area contributed by atoms with Gasteiger partial charge < -0.3 is 0 Å². The number of aromatic nitrogens is 2. The zero-order valence-electron chi connectivity index (χ0n) is 10.4. The highest BCUT2D eigenvalue weighted by Crippen LogP contribution is 2.27. The maximum atomic E-state index is 6.07. The minimum atomic E-state index is 0.402. The van der Waals surface area contributed by atoms with Crippen molar-refractivity contribution in [2.45, 2.75) is 12.8 Å². The molecule has 96 valence electrons. The molecule has 0 unspecified atom stereocenters. The molecule has 0 aliphatic rings. The molecule has 0 saturated heterocycles. The van der Waals surface area contributed by atoms with Gasteiger partial charge in [-0.3, -0.25) is 4.57 Å². The minimum Gasteiger partial charge on any atom is -0.294 e. The minimum absolute atomic E-state index is 0.402.